The molecule has 0 aliphatic rings. The standard InChI is InChI=1S/C16H18N4O3S/c1-24-8-7-11-16(17-9-14(22)19-23)18-13-6-5-10-3-2-4-12(21)15(10)20(11)13/h2-6,17,21,23H,7-9H2,1H3,(H,19,22). The number of para-hydroxylation sites is 1. The number of amides is 1. The topological polar surface area (TPSA) is 98.9 Å². The van der Waals surface area contributed by atoms with Crippen molar-refractivity contribution in [2.24, 2.45) is 0 Å². The first-order valence-electron chi connectivity index (χ1n) is 7.43. The molecule has 0 bridgehead atoms. The van der Waals surface area contributed by atoms with Gasteiger partial charge in [-0.15, -0.1) is 0 Å². The van der Waals surface area contributed by atoms with Gasteiger partial charge in [-0.05, 0) is 30.2 Å². The summed E-state index contributed by atoms with van der Waals surface area (Å²) in [5, 5.41) is 22.8. The number of fused-ring (bicyclic) bond motifs is 3. The number of phenolic OH excluding ortho intramolecular Hbond substituents is 1. The fourth-order valence-corrected chi connectivity index (χ4v) is 3.10. The van der Waals surface area contributed by atoms with Crippen LogP contribution in [-0.4, -0.2) is 44.2 Å². The van der Waals surface area contributed by atoms with Crippen molar-refractivity contribution in [2.75, 3.05) is 23.9 Å². The number of aromatic hydroxyl groups is 1. The molecule has 4 N–H and O–H groups in total. The molecule has 126 valence electrons. The highest BCUT2D eigenvalue weighted by atomic mass is 32.2. The Balaban J connectivity index is 2.17. The lowest BCUT2D eigenvalue weighted by molar-refractivity contribution is -0.127. The largest absolute Gasteiger partial charge is 0.506 e. The first kappa shape index (κ1) is 16.4. The predicted octanol–water partition coefficient (Wildman–Crippen LogP) is 2.02. The van der Waals surface area contributed by atoms with Crippen LogP contribution in [0, 0.1) is 0 Å². The number of hydroxylamine groups is 1. The molecule has 7 nitrogen and oxygen atoms in total. The van der Waals surface area contributed by atoms with Crippen LogP contribution in [0.3, 0.4) is 0 Å². The Bertz CT molecular complexity index is 894. The van der Waals surface area contributed by atoms with E-state index < -0.39 is 5.91 Å². The van der Waals surface area contributed by atoms with Crippen molar-refractivity contribution in [3.05, 3.63) is 36.0 Å². The maximum Gasteiger partial charge on any atom is 0.262 e. The minimum atomic E-state index is -0.546. The summed E-state index contributed by atoms with van der Waals surface area (Å²) in [7, 11) is 0. The first-order chi connectivity index (χ1) is 11.7. The number of aromatic nitrogens is 2. The highest BCUT2D eigenvalue weighted by molar-refractivity contribution is 7.98. The molecule has 0 aliphatic heterocycles. The zero-order chi connectivity index (χ0) is 17.1. The minimum Gasteiger partial charge on any atom is -0.506 e. The van der Waals surface area contributed by atoms with Gasteiger partial charge in [0.15, 0.2) is 0 Å². The van der Waals surface area contributed by atoms with Gasteiger partial charge in [-0.3, -0.25) is 14.4 Å². The molecular formula is C16H18N4O3S. The van der Waals surface area contributed by atoms with Crippen LogP contribution in [0.2, 0.25) is 0 Å². The molecule has 0 saturated heterocycles. The van der Waals surface area contributed by atoms with Crippen LogP contribution < -0.4 is 10.8 Å². The Kier molecular flexibility index (Phi) is 4.77. The van der Waals surface area contributed by atoms with E-state index in [1.54, 1.807) is 29.4 Å². The van der Waals surface area contributed by atoms with E-state index >= 15 is 0 Å². The number of carbonyl (C=O) groups is 1. The van der Waals surface area contributed by atoms with Gasteiger partial charge in [-0.2, -0.15) is 11.8 Å². The molecule has 0 fully saturated rings. The van der Waals surface area contributed by atoms with Crippen LogP contribution >= 0.6 is 11.8 Å². The van der Waals surface area contributed by atoms with Crippen molar-refractivity contribution in [1.29, 1.82) is 0 Å². The lowest BCUT2D eigenvalue weighted by Crippen LogP contribution is -2.27. The predicted molar refractivity (Wildman–Crippen MR) is 94.9 cm³/mol. The van der Waals surface area contributed by atoms with E-state index in [1.165, 1.54) is 0 Å². The lowest BCUT2D eigenvalue weighted by Gasteiger charge is -2.09. The molecule has 1 aromatic carbocycles. The number of thioether (sulfide) groups is 1. The number of nitrogens with one attached hydrogen (secondary N) is 2. The smallest absolute Gasteiger partial charge is 0.262 e. The molecule has 8 heteroatoms. The van der Waals surface area contributed by atoms with Gasteiger partial charge in [0.1, 0.15) is 17.2 Å². The first-order valence-corrected chi connectivity index (χ1v) is 8.83. The number of anilines is 1. The van der Waals surface area contributed by atoms with Gasteiger partial charge in [0.05, 0.1) is 17.8 Å². The molecule has 2 aromatic heterocycles. The summed E-state index contributed by atoms with van der Waals surface area (Å²) < 4.78 is 1.92. The number of hydrogen-bond acceptors (Lipinski definition) is 6. The molecule has 0 saturated carbocycles. The van der Waals surface area contributed by atoms with Gasteiger partial charge >= 0.3 is 0 Å². The van der Waals surface area contributed by atoms with Gasteiger partial charge < -0.3 is 10.4 Å². The third-order valence-corrected chi connectivity index (χ3v) is 4.38. The van der Waals surface area contributed by atoms with Gasteiger partial charge in [-0.1, -0.05) is 12.1 Å². The summed E-state index contributed by atoms with van der Waals surface area (Å²) in [6.45, 7) is -0.0867. The number of hydrogen-bond donors (Lipinski definition) is 4. The van der Waals surface area contributed by atoms with Crippen LogP contribution in [0.15, 0.2) is 30.3 Å². The normalized spacial score (nSPS) is 11.1. The summed E-state index contributed by atoms with van der Waals surface area (Å²) in [6.07, 6.45) is 2.74. The number of carbonyl (C=O) groups excluding carboxylic acids is 1. The number of benzene rings is 1. The average molecular weight is 346 g/mol. The van der Waals surface area contributed by atoms with Crippen molar-refractivity contribution < 1.29 is 15.1 Å². The van der Waals surface area contributed by atoms with E-state index in [2.05, 4.69) is 10.3 Å². The monoisotopic (exact) mass is 346 g/mol. The second-order valence-corrected chi connectivity index (χ2v) is 6.27. The molecule has 0 aliphatic carbocycles. The van der Waals surface area contributed by atoms with Crippen LogP contribution in [-0.2, 0) is 11.2 Å². The maximum absolute atomic E-state index is 11.3. The third kappa shape index (κ3) is 2.98. The second-order valence-electron chi connectivity index (χ2n) is 5.28. The lowest BCUT2D eigenvalue weighted by atomic mass is 10.2. The summed E-state index contributed by atoms with van der Waals surface area (Å²) in [5.41, 5.74) is 3.86. The Morgan fingerprint density at radius 3 is 2.92 bits per heavy atom. The Morgan fingerprint density at radius 1 is 1.33 bits per heavy atom. The van der Waals surface area contributed by atoms with Gasteiger partial charge in [-0.25, -0.2) is 10.5 Å². The van der Waals surface area contributed by atoms with E-state index in [9.17, 15) is 9.90 Å². The van der Waals surface area contributed by atoms with Crippen molar-refractivity contribution in [2.45, 2.75) is 6.42 Å². The molecule has 2 heterocycles. The van der Waals surface area contributed by atoms with Crippen molar-refractivity contribution in [3.8, 4) is 5.75 Å². The number of aryl methyl sites for hydroxylation is 1. The molecular weight excluding hydrogens is 328 g/mol. The van der Waals surface area contributed by atoms with Gasteiger partial charge in [0, 0.05) is 11.8 Å². The van der Waals surface area contributed by atoms with E-state index in [4.69, 9.17) is 5.21 Å². The molecule has 3 aromatic rings. The Morgan fingerprint density at radius 2 is 2.17 bits per heavy atom. The maximum atomic E-state index is 11.3. The Labute approximate surface area is 142 Å². The Hall–Kier alpha value is -2.45. The average Bonchev–Trinajstić information content (AvgIpc) is 2.95. The van der Waals surface area contributed by atoms with Crippen molar-refractivity contribution in [3.63, 3.8) is 0 Å². The van der Waals surface area contributed by atoms with E-state index in [1.807, 2.05) is 28.9 Å². The van der Waals surface area contributed by atoms with Crippen LogP contribution in [0.4, 0.5) is 5.82 Å². The number of imidazole rings is 1. The highest BCUT2D eigenvalue weighted by Crippen LogP contribution is 2.30. The molecule has 3 rings (SSSR count). The van der Waals surface area contributed by atoms with E-state index in [0.717, 1.165) is 23.3 Å². The van der Waals surface area contributed by atoms with Crippen LogP contribution in [0.1, 0.15) is 5.69 Å². The molecule has 0 spiro atoms. The molecule has 1 amide bonds. The zero-order valence-corrected chi connectivity index (χ0v) is 13.9. The number of pyridine rings is 1. The molecule has 0 atom stereocenters. The highest BCUT2D eigenvalue weighted by Gasteiger charge is 2.16. The number of rotatable bonds is 6. The molecule has 24 heavy (non-hydrogen) atoms. The minimum absolute atomic E-state index is 0.0867. The zero-order valence-electron chi connectivity index (χ0n) is 13.1. The second kappa shape index (κ2) is 6.98. The third-order valence-electron chi connectivity index (χ3n) is 3.76. The van der Waals surface area contributed by atoms with Crippen LogP contribution in [0.25, 0.3) is 16.6 Å². The van der Waals surface area contributed by atoms with Gasteiger partial charge in [0.2, 0.25) is 0 Å². The number of nitrogens with zero attached hydrogens (tertiary/aromatic N) is 2. The molecule has 0 unspecified atom stereocenters. The molecule has 0 radical (unpaired) electrons. The van der Waals surface area contributed by atoms with E-state index in [-0.39, 0.29) is 12.3 Å². The SMILES string of the molecule is CSCCc1c(NCC(=O)NO)nc2ccc3cccc(O)c3n12. The van der Waals surface area contributed by atoms with Gasteiger partial charge in [0.25, 0.3) is 5.91 Å². The summed E-state index contributed by atoms with van der Waals surface area (Å²) in [5.74, 6) is 1.08. The fraction of sp³-hybridized carbons (Fsp3) is 0.250. The summed E-state index contributed by atoms with van der Waals surface area (Å²) in [6, 6.07) is 9.15. The van der Waals surface area contributed by atoms with Crippen molar-refractivity contribution >= 4 is 40.0 Å². The summed E-state index contributed by atoms with van der Waals surface area (Å²) >= 11 is 1.70. The summed E-state index contributed by atoms with van der Waals surface area (Å²) in [4.78, 5) is 15.8. The quantitative estimate of drug-likeness (QED) is 0.403. The van der Waals surface area contributed by atoms with Crippen molar-refractivity contribution in [1.82, 2.24) is 14.9 Å². The van der Waals surface area contributed by atoms with Crippen LogP contribution in [0.5, 0.6) is 5.75 Å². The number of phenols is 1. The van der Waals surface area contributed by atoms with E-state index in [0.29, 0.717) is 17.0 Å². The fourth-order valence-electron chi connectivity index (χ4n) is 2.70.